The number of rotatable bonds is 5. The number of furan rings is 1. The molecule has 0 bridgehead atoms. The Morgan fingerprint density at radius 2 is 1.57 bits per heavy atom. The van der Waals surface area contributed by atoms with Crippen LogP contribution in [0.4, 0.5) is 0 Å². The fourth-order valence-corrected chi connectivity index (χ4v) is 12.3. The molecule has 2 aromatic heterocycles. The summed E-state index contributed by atoms with van der Waals surface area (Å²) in [5, 5.41) is 11.9. The Bertz CT molecular complexity index is 2620. The van der Waals surface area contributed by atoms with Crippen LogP contribution in [0.1, 0.15) is 84.8 Å². The fourth-order valence-electron chi connectivity index (χ4n) is 12.3. The van der Waals surface area contributed by atoms with Crippen molar-refractivity contribution in [2.75, 3.05) is 21.3 Å². The Kier molecular flexibility index (Phi) is 8.63. The number of methoxy groups -OCH3 is 3. The van der Waals surface area contributed by atoms with E-state index in [0.717, 1.165) is 24.8 Å². The SMILES string of the molecule is CC1(C)C(=O)C=CC2(C)C1=C(O)C(=O)C1(C)C2CCC2(C)C(c3ccoc3)CC3OC321.COc1ccc(-c2c(OC)c3c(OC)c4c(cc3oc2=O)OC(C)(C)C=C4)cc1. The summed E-state index contributed by atoms with van der Waals surface area (Å²) in [5.74, 6) is 1.88. The number of fused-ring (bicyclic) bond motifs is 5. The molecule has 7 atom stereocenters. The summed E-state index contributed by atoms with van der Waals surface area (Å²) >= 11 is 0. The molecule has 4 heterocycles. The zero-order valence-electron chi connectivity index (χ0n) is 35.8. The van der Waals surface area contributed by atoms with Gasteiger partial charge in [-0.2, -0.15) is 0 Å². The van der Waals surface area contributed by atoms with Crippen molar-refractivity contribution >= 4 is 28.6 Å². The number of aliphatic hydroxyl groups excluding tert-OH is 1. The smallest absolute Gasteiger partial charge is 0.347 e. The fraction of sp³-hybridized carbons (Fsp3) is 0.449. The molecule has 0 amide bonds. The third kappa shape index (κ3) is 5.07. The van der Waals surface area contributed by atoms with Crippen LogP contribution in [-0.4, -0.2) is 55.3 Å². The third-order valence-corrected chi connectivity index (χ3v) is 15.1. The van der Waals surface area contributed by atoms with Crippen LogP contribution in [0, 0.1) is 27.6 Å². The molecule has 10 rings (SSSR count). The zero-order chi connectivity index (χ0) is 42.9. The summed E-state index contributed by atoms with van der Waals surface area (Å²) in [5.41, 5.74) is -0.291. The first-order valence-electron chi connectivity index (χ1n) is 20.6. The number of carbonyl (C=O) groups excluding carboxylic acids is 2. The van der Waals surface area contributed by atoms with Crippen LogP contribution in [0.5, 0.6) is 23.0 Å². The molecule has 0 radical (unpaired) electrons. The normalized spacial score (nSPS) is 32.4. The predicted octanol–water partition coefficient (Wildman–Crippen LogP) is 9.56. The molecule has 3 fully saturated rings. The van der Waals surface area contributed by atoms with Crippen molar-refractivity contribution in [2.45, 2.75) is 91.0 Å². The summed E-state index contributed by atoms with van der Waals surface area (Å²) < 4.78 is 40.2. The maximum absolute atomic E-state index is 14.0. The summed E-state index contributed by atoms with van der Waals surface area (Å²) in [4.78, 5) is 39.6. The largest absolute Gasteiger partial charge is 0.504 e. The Morgan fingerprint density at radius 1 is 0.850 bits per heavy atom. The number of Topliss-reactive ketones (excluding diaryl/α,β-unsaturated/α-hetero) is 1. The molecular weight excluding hydrogens is 765 g/mol. The molecule has 4 aromatic rings. The first-order valence-corrected chi connectivity index (χ1v) is 20.6. The number of ketones is 2. The maximum atomic E-state index is 14.0. The highest BCUT2D eigenvalue weighted by atomic mass is 16.6. The highest BCUT2D eigenvalue weighted by Crippen LogP contribution is 2.81. The van der Waals surface area contributed by atoms with E-state index < -0.39 is 33.1 Å². The molecule has 6 aliphatic rings. The van der Waals surface area contributed by atoms with E-state index in [2.05, 4.69) is 13.8 Å². The van der Waals surface area contributed by atoms with E-state index in [1.54, 1.807) is 56.9 Å². The number of aliphatic hydroxyl groups is 1. The van der Waals surface area contributed by atoms with Gasteiger partial charge in [0.05, 0.1) is 56.4 Å². The van der Waals surface area contributed by atoms with Gasteiger partial charge in [-0.25, -0.2) is 4.79 Å². The highest BCUT2D eigenvalue weighted by Gasteiger charge is 2.87. The molecule has 7 unspecified atom stereocenters. The minimum absolute atomic E-state index is 0.00527. The molecule has 2 saturated carbocycles. The molecule has 4 aliphatic carbocycles. The minimum atomic E-state index is -0.901. The van der Waals surface area contributed by atoms with Gasteiger partial charge in [0, 0.05) is 16.9 Å². The summed E-state index contributed by atoms with van der Waals surface area (Å²) in [6.07, 6.45) is 13.7. The second-order valence-corrected chi connectivity index (χ2v) is 18.8. The van der Waals surface area contributed by atoms with Gasteiger partial charge in [0.1, 0.15) is 50.7 Å². The Balaban J connectivity index is 0.000000155. The second kappa shape index (κ2) is 13.0. The number of ether oxygens (including phenoxy) is 5. The van der Waals surface area contributed by atoms with E-state index in [1.807, 2.05) is 65.2 Å². The van der Waals surface area contributed by atoms with Gasteiger partial charge in [-0.1, -0.05) is 32.1 Å². The van der Waals surface area contributed by atoms with Crippen LogP contribution in [0.15, 0.2) is 92.1 Å². The first kappa shape index (κ1) is 39.9. The second-order valence-electron chi connectivity index (χ2n) is 18.8. The Morgan fingerprint density at radius 3 is 2.22 bits per heavy atom. The number of hydrogen-bond donors (Lipinski definition) is 1. The van der Waals surface area contributed by atoms with Crippen molar-refractivity contribution in [1.82, 2.24) is 0 Å². The molecule has 11 heteroatoms. The van der Waals surface area contributed by atoms with Crippen LogP contribution in [-0.2, 0) is 14.3 Å². The van der Waals surface area contributed by atoms with Gasteiger partial charge in [0.25, 0.3) is 0 Å². The van der Waals surface area contributed by atoms with Gasteiger partial charge in [-0.05, 0) is 119 Å². The van der Waals surface area contributed by atoms with Crippen molar-refractivity contribution in [3.8, 4) is 34.1 Å². The Hall–Kier alpha value is -5.55. The lowest BCUT2D eigenvalue weighted by Crippen LogP contribution is -2.66. The molecular formula is C49H52O11. The molecule has 1 spiro atoms. The van der Waals surface area contributed by atoms with Crippen LogP contribution < -0.4 is 24.6 Å². The topological polar surface area (TPSA) is 147 Å². The monoisotopic (exact) mass is 816 g/mol. The molecule has 2 aliphatic heterocycles. The molecule has 2 aromatic carbocycles. The summed E-state index contributed by atoms with van der Waals surface area (Å²) in [6.45, 7) is 13.9. The molecule has 1 N–H and O–H groups in total. The van der Waals surface area contributed by atoms with Crippen molar-refractivity contribution in [1.29, 1.82) is 0 Å². The van der Waals surface area contributed by atoms with E-state index in [1.165, 1.54) is 12.7 Å². The average Bonchev–Trinajstić information content (AvgIpc) is 3.56. The lowest BCUT2D eigenvalue weighted by molar-refractivity contribution is -0.162. The molecule has 314 valence electrons. The standard InChI is InChI=1S/C26H30O5.C23H22O6/c1-22(2)17(27)7-9-23(3)16-6-10-24(4)15(14-8-11-30-13-14)12-18-26(24,31-18)25(16,5)21(29)19(28)20(22)23;1-23(2)11-10-15-16(29-23)12-17-19(20(15)26-4)21(27-5)18(22(24)28-17)13-6-8-14(25-3)9-7-13/h7-9,11,13,15-16,18,28H,6,10,12H2,1-5H3;6-12H,1-5H3. The molecule has 60 heavy (non-hydrogen) atoms. The predicted molar refractivity (Wildman–Crippen MR) is 225 cm³/mol. The van der Waals surface area contributed by atoms with Gasteiger partial charge in [-0.3, -0.25) is 9.59 Å². The van der Waals surface area contributed by atoms with Gasteiger partial charge >= 0.3 is 5.63 Å². The van der Waals surface area contributed by atoms with E-state index in [9.17, 15) is 19.5 Å². The summed E-state index contributed by atoms with van der Waals surface area (Å²) in [7, 11) is 4.68. The van der Waals surface area contributed by atoms with Crippen LogP contribution in [0.2, 0.25) is 0 Å². The quantitative estimate of drug-likeness (QED) is 0.152. The van der Waals surface area contributed by atoms with Crippen molar-refractivity contribution < 1.29 is 47.2 Å². The summed E-state index contributed by atoms with van der Waals surface area (Å²) in [6, 6.07) is 10.9. The first-order chi connectivity index (χ1) is 28.3. The van der Waals surface area contributed by atoms with Gasteiger partial charge in [-0.15, -0.1) is 0 Å². The lowest BCUT2D eigenvalue weighted by atomic mass is 9.39. The third-order valence-electron chi connectivity index (χ3n) is 15.1. The van der Waals surface area contributed by atoms with Gasteiger partial charge in [0.2, 0.25) is 5.78 Å². The van der Waals surface area contributed by atoms with Crippen molar-refractivity contribution in [2.24, 2.45) is 27.6 Å². The number of hydrogen-bond acceptors (Lipinski definition) is 11. The average molecular weight is 817 g/mol. The number of benzene rings is 2. The Labute approximate surface area is 349 Å². The van der Waals surface area contributed by atoms with Crippen LogP contribution >= 0.6 is 0 Å². The number of epoxide rings is 1. The number of carbonyl (C=O) groups is 2. The van der Waals surface area contributed by atoms with Gasteiger partial charge in [0.15, 0.2) is 11.5 Å². The van der Waals surface area contributed by atoms with Gasteiger partial charge < -0.3 is 37.6 Å². The van der Waals surface area contributed by atoms with Crippen molar-refractivity contribution in [3.05, 3.63) is 100 Å². The highest BCUT2D eigenvalue weighted by molar-refractivity contribution is 6.06. The lowest BCUT2D eigenvalue weighted by Gasteiger charge is -2.62. The maximum Gasteiger partial charge on any atom is 0.347 e. The molecule has 1 saturated heterocycles. The van der Waals surface area contributed by atoms with E-state index in [0.29, 0.717) is 50.7 Å². The van der Waals surface area contributed by atoms with E-state index in [4.69, 9.17) is 32.5 Å². The van der Waals surface area contributed by atoms with Crippen LogP contribution in [0.3, 0.4) is 0 Å². The van der Waals surface area contributed by atoms with Crippen LogP contribution in [0.25, 0.3) is 28.2 Å². The molecule has 11 nitrogen and oxygen atoms in total. The zero-order valence-corrected chi connectivity index (χ0v) is 35.8. The minimum Gasteiger partial charge on any atom is -0.504 e. The van der Waals surface area contributed by atoms with Crippen molar-refractivity contribution in [3.63, 3.8) is 0 Å². The number of allylic oxidation sites excluding steroid dienone is 4. The van der Waals surface area contributed by atoms with E-state index >= 15 is 0 Å². The van der Waals surface area contributed by atoms with E-state index in [-0.39, 0.29) is 40.7 Å².